The second-order valence-corrected chi connectivity index (χ2v) is 7.48. The predicted octanol–water partition coefficient (Wildman–Crippen LogP) is 4.76. The molecule has 0 aliphatic rings. The molecule has 2 aromatic heterocycles. The van der Waals surface area contributed by atoms with Crippen LogP contribution in [-0.4, -0.2) is 31.4 Å². The summed E-state index contributed by atoms with van der Waals surface area (Å²) in [4.78, 5) is 16.8. The molecule has 0 spiro atoms. The molecule has 0 radical (unpaired) electrons. The second-order valence-electron chi connectivity index (χ2n) is 6.54. The van der Waals surface area contributed by atoms with Gasteiger partial charge in [0.15, 0.2) is 11.0 Å². The fourth-order valence-electron chi connectivity index (χ4n) is 3.17. The maximum Gasteiger partial charge on any atom is 0.234 e. The van der Waals surface area contributed by atoms with Crippen molar-refractivity contribution in [1.82, 2.24) is 19.7 Å². The van der Waals surface area contributed by atoms with E-state index in [1.165, 1.54) is 11.8 Å². The number of carbonyl (C=O) groups excluding carboxylic acids is 1. The first-order valence-electron chi connectivity index (χ1n) is 9.67. The average molecular weight is 416 g/mol. The lowest BCUT2D eigenvalue weighted by Crippen LogP contribution is -2.15. The van der Waals surface area contributed by atoms with Gasteiger partial charge >= 0.3 is 0 Å². The van der Waals surface area contributed by atoms with Crippen LogP contribution in [0.4, 0.5) is 5.69 Å². The molecule has 4 aromatic rings. The Morgan fingerprint density at radius 1 is 0.967 bits per heavy atom. The molecule has 0 aliphatic heterocycles. The first-order valence-corrected chi connectivity index (χ1v) is 10.7. The zero-order chi connectivity index (χ0) is 20.8. The Balaban J connectivity index is 1.46. The first-order chi connectivity index (χ1) is 14.8. The minimum atomic E-state index is -0.0861. The molecule has 0 bridgehead atoms. The molecule has 2 heterocycles. The summed E-state index contributed by atoms with van der Waals surface area (Å²) in [5, 5.41) is 12.3. The Morgan fingerprint density at radius 3 is 2.50 bits per heavy atom. The summed E-state index contributed by atoms with van der Waals surface area (Å²) in [6.45, 7) is 2.74. The topological polar surface area (TPSA) is 72.7 Å². The van der Waals surface area contributed by atoms with E-state index in [0.717, 1.165) is 28.2 Å². The third kappa shape index (κ3) is 4.41. The number of hydrogen-bond acceptors (Lipinski definition) is 5. The van der Waals surface area contributed by atoms with Gasteiger partial charge in [0.05, 0.1) is 5.75 Å². The zero-order valence-electron chi connectivity index (χ0n) is 16.5. The minimum Gasteiger partial charge on any atom is -0.325 e. The van der Waals surface area contributed by atoms with Gasteiger partial charge < -0.3 is 9.88 Å². The number of thioether (sulfide) groups is 1. The smallest absolute Gasteiger partial charge is 0.234 e. The van der Waals surface area contributed by atoms with E-state index in [4.69, 9.17) is 0 Å². The normalized spacial score (nSPS) is 10.7. The molecular weight excluding hydrogens is 394 g/mol. The van der Waals surface area contributed by atoms with Gasteiger partial charge in [-0.3, -0.25) is 9.78 Å². The van der Waals surface area contributed by atoms with Crippen LogP contribution in [0.3, 0.4) is 0 Å². The van der Waals surface area contributed by atoms with Crippen LogP contribution in [-0.2, 0) is 11.3 Å². The van der Waals surface area contributed by atoms with Crippen molar-refractivity contribution in [3.05, 3.63) is 79.1 Å². The van der Waals surface area contributed by atoms with Crippen LogP contribution in [0.2, 0.25) is 0 Å². The number of aromatic nitrogens is 4. The molecule has 0 fully saturated rings. The van der Waals surface area contributed by atoms with Crippen molar-refractivity contribution in [2.45, 2.75) is 18.6 Å². The van der Waals surface area contributed by atoms with Crippen LogP contribution in [0.15, 0.2) is 84.3 Å². The van der Waals surface area contributed by atoms with E-state index < -0.39 is 0 Å². The van der Waals surface area contributed by atoms with Crippen LogP contribution in [0, 0.1) is 0 Å². The van der Waals surface area contributed by atoms with Gasteiger partial charge in [0.1, 0.15) is 0 Å². The summed E-state index contributed by atoms with van der Waals surface area (Å²) in [5.41, 5.74) is 3.75. The Bertz CT molecular complexity index is 1130. The SMILES string of the molecule is CCn1c(SCC(=O)Nc2ccccc2-c2ccccc2)nnc1-c1cccnc1. The van der Waals surface area contributed by atoms with E-state index in [-0.39, 0.29) is 11.7 Å². The summed E-state index contributed by atoms with van der Waals surface area (Å²) in [7, 11) is 0. The number of pyridine rings is 1. The van der Waals surface area contributed by atoms with Gasteiger partial charge in [0.2, 0.25) is 5.91 Å². The maximum absolute atomic E-state index is 12.6. The summed E-state index contributed by atoms with van der Waals surface area (Å²) in [6, 6.07) is 21.6. The highest BCUT2D eigenvalue weighted by Gasteiger charge is 2.15. The highest BCUT2D eigenvalue weighted by molar-refractivity contribution is 7.99. The Labute approximate surface area is 179 Å². The van der Waals surface area contributed by atoms with E-state index >= 15 is 0 Å². The third-order valence-corrected chi connectivity index (χ3v) is 5.54. The maximum atomic E-state index is 12.6. The van der Waals surface area contributed by atoms with Crippen molar-refractivity contribution in [1.29, 1.82) is 0 Å². The fraction of sp³-hybridized carbons (Fsp3) is 0.130. The Kier molecular flexibility index (Phi) is 6.20. The van der Waals surface area contributed by atoms with Gasteiger partial charge in [0.25, 0.3) is 0 Å². The van der Waals surface area contributed by atoms with Crippen molar-refractivity contribution < 1.29 is 4.79 Å². The molecule has 30 heavy (non-hydrogen) atoms. The van der Waals surface area contributed by atoms with E-state index in [1.807, 2.05) is 78.2 Å². The van der Waals surface area contributed by atoms with Gasteiger partial charge in [-0.15, -0.1) is 10.2 Å². The van der Waals surface area contributed by atoms with Crippen LogP contribution >= 0.6 is 11.8 Å². The number of benzene rings is 2. The molecule has 4 rings (SSSR count). The molecule has 1 amide bonds. The number of nitrogens with one attached hydrogen (secondary N) is 1. The molecule has 6 nitrogen and oxygen atoms in total. The van der Waals surface area contributed by atoms with Gasteiger partial charge in [0, 0.05) is 35.8 Å². The Morgan fingerprint density at radius 2 is 1.73 bits per heavy atom. The molecule has 0 saturated carbocycles. The highest BCUT2D eigenvalue weighted by atomic mass is 32.2. The number of carbonyl (C=O) groups is 1. The second kappa shape index (κ2) is 9.37. The van der Waals surface area contributed by atoms with Crippen LogP contribution < -0.4 is 5.32 Å². The third-order valence-electron chi connectivity index (χ3n) is 4.57. The number of hydrogen-bond donors (Lipinski definition) is 1. The van der Waals surface area contributed by atoms with E-state index in [0.29, 0.717) is 11.7 Å². The molecule has 0 atom stereocenters. The Hall–Kier alpha value is -3.45. The fourth-order valence-corrected chi connectivity index (χ4v) is 3.97. The highest BCUT2D eigenvalue weighted by Crippen LogP contribution is 2.28. The largest absolute Gasteiger partial charge is 0.325 e. The summed E-state index contributed by atoms with van der Waals surface area (Å²) >= 11 is 1.37. The predicted molar refractivity (Wildman–Crippen MR) is 120 cm³/mol. The van der Waals surface area contributed by atoms with Crippen LogP contribution in [0.1, 0.15) is 6.92 Å². The van der Waals surface area contributed by atoms with E-state index in [1.54, 1.807) is 12.4 Å². The lowest BCUT2D eigenvalue weighted by atomic mass is 10.0. The van der Waals surface area contributed by atoms with E-state index in [2.05, 4.69) is 20.5 Å². The molecule has 0 aliphatic carbocycles. The molecule has 150 valence electrons. The van der Waals surface area contributed by atoms with Crippen molar-refractivity contribution in [2.24, 2.45) is 0 Å². The number of anilines is 1. The number of rotatable bonds is 7. The summed E-state index contributed by atoms with van der Waals surface area (Å²) < 4.78 is 1.99. The van der Waals surface area contributed by atoms with Crippen molar-refractivity contribution in [3.63, 3.8) is 0 Å². The molecule has 0 saturated heterocycles. The van der Waals surface area contributed by atoms with Crippen molar-refractivity contribution in [2.75, 3.05) is 11.1 Å². The van der Waals surface area contributed by atoms with Crippen LogP contribution in [0.5, 0.6) is 0 Å². The lowest BCUT2D eigenvalue weighted by molar-refractivity contribution is -0.113. The summed E-state index contributed by atoms with van der Waals surface area (Å²) in [5.74, 6) is 0.911. The standard InChI is InChI=1S/C23H21N5OS/c1-2-28-22(18-11-8-14-24-15-18)26-27-23(28)30-16-21(29)25-20-13-7-6-12-19(20)17-9-4-3-5-10-17/h3-15H,2,16H2,1H3,(H,25,29). The van der Waals surface area contributed by atoms with Gasteiger partial charge in [-0.25, -0.2) is 0 Å². The van der Waals surface area contributed by atoms with Crippen LogP contribution in [0.25, 0.3) is 22.5 Å². The molecular formula is C23H21N5OS. The summed E-state index contributed by atoms with van der Waals surface area (Å²) in [6.07, 6.45) is 3.49. The van der Waals surface area contributed by atoms with Gasteiger partial charge in [-0.05, 0) is 30.7 Å². The zero-order valence-corrected chi connectivity index (χ0v) is 17.3. The minimum absolute atomic E-state index is 0.0861. The van der Waals surface area contributed by atoms with Crippen molar-refractivity contribution >= 4 is 23.4 Å². The lowest BCUT2D eigenvalue weighted by Gasteiger charge is -2.11. The van der Waals surface area contributed by atoms with Crippen molar-refractivity contribution in [3.8, 4) is 22.5 Å². The van der Waals surface area contributed by atoms with Gasteiger partial charge in [-0.2, -0.15) is 0 Å². The average Bonchev–Trinajstić information content (AvgIpc) is 3.22. The molecule has 7 heteroatoms. The van der Waals surface area contributed by atoms with Gasteiger partial charge in [-0.1, -0.05) is 60.3 Å². The number of para-hydroxylation sites is 1. The monoisotopic (exact) mass is 415 g/mol. The quantitative estimate of drug-likeness (QED) is 0.441. The molecule has 1 N–H and O–H groups in total. The number of nitrogens with zero attached hydrogens (tertiary/aromatic N) is 4. The first kappa shape index (κ1) is 19.8. The number of amides is 1. The molecule has 2 aromatic carbocycles. The molecule has 0 unspecified atom stereocenters. The van der Waals surface area contributed by atoms with E-state index in [9.17, 15) is 4.79 Å².